The second kappa shape index (κ2) is 6.60. The van der Waals surface area contributed by atoms with Gasteiger partial charge in [0.05, 0.1) is 7.11 Å². The number of methoxy groups -OCH3 is 1. The fourth-order valence-electron chi connectivity index (χ4n) is 2.79. The molecule has 0 spiro atoms. The summed E-state index contributed by atoms with van der Waals surface area (Å²) in [7, 11) is 3.33. The van der Waals surface area contributed by atoms with Crippen molar-refractivity contribution in [1.82, 2.24) is 0 Å². The molecule has 0 bridgehead atoms. The van der Waals surface area contributed by atoms with Crippen LogP contribution >= 0.6 is 0 Å². The maximum absolute atomic E-state index is 11.2. The van der Waals surface area contributed by atoms with Gasteiger partial charge in [-0.05, 0) is 36.5 Å². The Bertz CT molecular complexity index is 407. The molecular formula is C16H23NO2. The normalized spacial score (nSPS) is 16.1. The number of rotatable bonds is 4. The molecule has 104 valence electrons. The first-order valence-electron chi connectivity index (χ1n) is 7.08. The third-order valence-corrected chi connectivity index (χ3v) is 4.00. The largest absolute Gasteiger partial charge is 0.468 e. The highest BCUT2D eigenvalue weighted by Gasteiger charge is 2.15. The maximum Gasteiger partial charge on any atom is 0.325 e. The molecule has 0 saturated heterocycles. The van der Waals surface area contributed by atoms with Crippen LogP contribution in [0, 0.1) is 0 Å². The third-order valence-electron chi connectivity index (χ3n) is 4.00. The lowest BCUT2D eigenvalue weighted by Crippen LogP contribution is -2.26. The number of anilines is 1. The molecule has 0 unspecified atom stereocenters. The molecule has 0 atom stereocenters. The van der Waals surface area contributed by atoms with E-state index in [1.807, 2.05) is 11.9 Å². The molecule has 0 aromatic heterocycles. The van der Waals surface area contributed by atoms with Gasteiger partial charge in [-0.15, -0.1) is 0 Å². The van der Waals surface area contributed by atoms with E-state index in [-0.39, 0.29) is 5.97 Å². The molecule has 1 aromatic rings. The summed E-state index contributed by atoms with van der Waals surface area (Å²) < 4.78 is 4.68. The first-order chi connectivity index (χ1) is 9.20. The summed E-state index contributed by atoms with van der Waals surface area (Å²) in [5.41, 5.74) is 2.50. The second-order valence-electron chi connectivity index (χ2n) is 5.36. The topological polar surface area (TPSA) is 29.5 Å². The van der Waals surface area contributed by atoms with E-state index in [1.165, 1.54) is 44.8 Å². The van der Waals surface area contributed by atoms with E-state index in [2.05, 4.69) is 29.0 Å². The molecule has 3 nitrogen and oxygen atoms in total. The van der Waals surface area contributed by atoms with Crippen LogP contribution in [0.5, 0.6) is 0 Å². The summed E-state index contributed by atoms with van der Waals surface area (Å²) in [6, 6.07) is 8.62. The molecule has 1 saturated carbocycles. The molecule has 0 radical (unpaired) electrons. The minimum atomic E-state index is -0.209. The number of hydrogen-bond donors (Lipinski definition) is 0. The summed E-state index contributed by atoms with van der Waals surface area (Å²) >= 11 is 0. The van der Waals surface area contributed by atoms with Crippen LogP contribution in [0.25, 0.3) is 0 Å². The SMILES string of the molecule is COC(=O)CN(C)c1ccc(C2CCCCC2)cc1. The maximum atomic E-state index is 11.2. The number of ether oxygens (including phenoxy) is 1. The standard InChI is InChI=1S/C16H23NO2/c1-17(12-16(18)19-2)15-10-8-14(9-11-15)13-6-4-3-5-7-13/h8-11,13H,3-7,12H2,1-2H3. The van der Waals surface area contributed by atoms with Crippen LogP contribution in [-0.4, -0.2) is 26.7 Å². The van der Waals surface area contributed by atoms with Gasteiger partial charge in [-0.3, -0.25) is 4.79 Å². The zero-order valence-corrected chi connectivity index (χ0v) is 11.9. The Labute approximate surface area is 115 Å². The zero-order valence-electron chi connectivity index (χ0n) is 11.9. The lowest BCUT2D eigenvalue weighted by atomic mass is 9.84. The Morgan fingerprint density at radius 2 is 1.84 bits per heavy atom. The number of likely N-dealkylation sites (N-methyl/N-ethyl adjacent to an activating group) is 1. The van der Waals surface area contributed by atoms with Gasteiger partial charge in [0.25, 0.3) is 0 Å². The smallest absolute Gasteiger partial charge is 0.325 e. The van der Waals surface area contributed by atoms with Crippen molar-refractivity contribution in [3.63, 3.8) is 0 Å². The highest BCUT2D eigenvalue weighted by atomic mass is 16.5. The molecule has 0 N–H and O–H groups in total. The first kappa shape index (κ1) is 13.9. The Morgan fingerprint density at radius 3 is 2.42 bits per heavy atom. The van der Waals surface area contributed by atoms with Crippen LogP contribution in [0.1, 0.15) is 43.6 Å². The second-order valence-corrected chi connectivity index (χ2v) is 5.36. The van der Waals surface area contributed by atoms with Crippen molar-refractivity contribution in [1.29, 1.82) is 0 Å². The fraction of sp³-hybridized carbons (Fsp3) is 0.562. The lowest BCUT2D eigenvalue weighted by molar-refractivity contribution is -0.138. The predicted octanol–water partition coefficient (Wildman–Crippen LogP) is 3.34. The van der Waals surface area contributed by atoms with Crippen LogP contribution in [0.2, 0.25) is 0 Å². The molecule has 0 aliphatic heterocycles. The van der Waals surface area contributed by atoms with Crippen molar-refractivity contribution in [3.05, 3.63) is 29.8 Å². The number of nitrogens with zero attached hydrogens (tertiary/aromatic N) is 1. The van der Waals surface area contributed by atoms with E-state index in [1.54, 1.807) is 0 Å². The van der Waals surface area contributed by atoms with Gasteiger partial charge >= 0.3 is 5.97 Å². The van der Waals surface area contributed by atoms with Gasteiger partial charge in [-0.25, -0.2) is 0 Å². The molecule has 0 amide bonds. The summed E-state index contributed by atoms with van der Waals surface area (Å²) in [6.45, 7) is 0.291. The Hall–Kier alpha value is -1.51. The van der Waals surface area contributed by atoms with E-state index in [0.29, 0.717) is 6.54 Å². The highest BCUT2D eigenvalue weighted by molar-refractivity contribution is 5.75. The van der Waals surface area contributed by atoms with Crippen LogP contribution < -0.4 is 4.90 Å². The quantitative estimate of drug-likeness (QED) is 0.778. The van der Waals surface area contributed by atoms with Gasteiger partial charge in [0.2, 0.25) is 0 Å². The zero-order chi connectivity index (χ0) is 13.7. The van der Waals surface area contributed by atoms with E-state index < -0.39 is 0 Å². The van der Waals surface area contributed by atoms with Gasteiger partial charge in [0.1, 0.15) is 6.54 Å². The Morgan fingerprint density at radius 1 is 1.21 bits per heavy atom. The summed E-state index contributed by atoms with van der Waals surface area (Å²) in [4.78, 5) is 13.2. The van der Waals surface area contributed by atoms with Gasteiger partial charge in [-0.1, -0.05) is 31.4 Å². The van der Waals surface area contributed by atoms with Gasteiger partial charge < -0.3 is 9.64 Å². The predicted molar refractivity (Wildman–Crippen MR) is 77.6 cm³/mol. The molecule has 3 heteroatoms. The average Bonchev–Trinajstić information content (AvgIpc) is 2.48. The van der Waals surface area contributed by atoms with Crippen LogP contribution in [-0.2, 0) is 9.53 Å². The number of esters is 1. The van der Waals surface area contributed by atoms with Crippen molar-refractivity contribution in [2.45, 2.75) is 38.0 Å². The number of hydrogen-bond acceptors (Lipinski definition) is 3. The van der Waals surface area contributed by atoms with Crippen molar-refractivity contribution < 1.29 is 9.53 Å². The number of carbonyl (C=O) groups is 1. The van der Waals surface area contributed by atoms with Crippen molar-refractivity contribution >= 4 is 11.7 Å². The molecule has 1 aliphatic rings. The number of carbonyl (C=O) groups excluding carboxylic acids is 1. The van der Waals surface area contributed by atoms with Crippen molar-refractivity contribution in [2.24, 2.45) is 0 Å². The van der Waals surface area contributed by atoms with Crippen LogP contribution in [0.3, 0.4) is 0 Å². The molecule has 1 aromatic carbocycles. The fourth-order valence-corrected chi connectivity index (χ4v) is 2.79. The minimum absolute atomic E-state index is 0.209. The first-order valence-corrected chi connectivity index (χ1v) is 7.08. The molecule has 0 heterocycles. The van der Waals surface area contributed by atoms with Gasteiger partial charge in [0, 0.05) is 12.7 Å². The van der Waals surface area contributed by atoms with Crippen LogP contribution in [0.4, 0.5) is 5.69 Å². The summed E-state index contributed by atoms with van der Waals surface area (Å²) in [5.74, 6) is 0.521. The Balaban J connectivity index is 1.99. The van der Waals surface area contributed by atoms with Crippen molar-refractivity contribution in [3.8, 4) is 0 Å². The van der Waals surface area contributed by atoms with Crippen LogP contribution in [0.15, 0.2) is 24.3 Å². The Kier molecular flexibility index (Phi) is 4.83. The average molecular weight is 261 g/mol. The van der Waals surface area contributed by atoms with E-state index in [0.717, 1.165) is 11.6 Å². The lowest BCUT2D eigenvalue weighted by Gasteiger charge is -2.23. The van der Waals surface area contributed by atoms with E-state index >= 15 is 0 Å². The molecule has 1 aliphatic carbocycles. The van der Waals surface area contributed by atoms with E-state index in [9.17, 15) is 4.79 Å². The van der Waals surface area contributed by atoms with E-state index in [4.69, 9.17) is 0 Å². The molecule has 2 rings (SSSR count). The minimum Gasteiger partial charge on any atom is -0.468 e. The van der Waals surface area contributed by atoms with Gasteiger partial charge in [-0.2, -0.15) is 0 Å². The molecule has 19 heavy (non-hydrogen) atoms. The third kappa shape index (κ3) is 3.72. The monoisotopic (exact) mass is 261 g/mol. The molecular weight excluding hydrogens is 238 g/mol. The molecule has 1 fully saturated rings. The number of benzene rings is 1. The van der Waals surface area contributed by atoms with Crippen molar-refractivity contribution in [2.75, 3.05) is 25.6 Å². The summed E-state index contributed by atoms with van der Waals surface area (Å²) in [5, 5.41) is 0. The highest BCUT2D eigenvalue weighted by Crippen LogP contribution is 2.33. The van der Waals surface area contributed by atoms with Gasteiger partial charge in [0.15, 0.2) is 0 Å². The summed E-state index contributed by atoms with van der Waals surface area (Å²) in [6.07, 6.45) is 6.73.